The first-order valence-electron chi connectivity index (χ1n) is 3.91. The lowest BCUT2D eigenvalue weighted by atomic mass is 9.87. The first-order valence-corrected chi connectivity index (χ1v) is 3.91. The zero-order valence-electron chi connectivity index (χ0n) is 6.63. The molecule has 60 valence electrons. The van der Waals surface area contributed by atoms with Gasteiger partial charge in [-0.2, -0.15) is 0 Å². The predicted octanol–water partition coefficient (Wildman–Crippen LogP) is 0.926. The van der Waals surface area contributed by atoms with Gasteiger partial charge in [-0.3, -0.25) is 0 Å². The quantitative estimate of drug-likeness (QED) is 0.650. The molecule has 3 heteroatoms. The summed E-state index contributed by atoms with van der Waals surface area (Å²) in [7, 11) is 0. The van der Waals surface area contributed by atoms with Crippen LogP contribution in [0.3, 0.4) is 0 Å². The Morgan fingerprint density at radius 1 is 1.73 bits per heavy atom. The number of hydrogen-bond acceptors (Lipinski definition) is 3. The van der Waals surface area contributed by atoms with Gasteiger partial charge in [0.15, 0.2) is 6.39 Å². The third-order valence-electron chi connectivity index (χ3n) is 2.40. The first-order chi connectivity index (χ1) is 5.31. The molecule has 1 aromatic heterocycles. The minimum absolute atomic E-state index is 0.177. The molecule has 0 radical (unpaired) electrons. The smallest absolute Gasteiger partial charge is 0.180 e. The molecule has 0 bridgehead atoms. The predicted molar refractivity (Wildman–Crippen MR) is 41.3 cm³/mol. The topological polar surface area (TPSA) is 38.1 Å². The molecular weight excluding hydrogens is 140 g/mol. The number of nitrogens with one attached hydrogen (secondary N) is 1. The van der Waals surface area contributed by atoms with Crippen LogP contribution < -0.4 is 5.32 Å². The molecule has 1 N–H and O–H groups in total. The van der Waals surface area contributed by atoms with Crippen molar-refractivity contribution in [1.82, 2.24) is 10.3 Å². The Hall–Kier alpha value is -0.830. The van der Waals surface area contributed by atoms with E-state index in [-0.39, 0.29) is 5.41 Å². The van der Waals surface area contributed by atoms with E-state index in [1.54, 1.807) is 0 Å². The fourth-order valence-electron chi connectivity index (χ4n) is 1.54. The molecular formula is C8H12N2O. The summed E-state index contributed by atoms with van der Waals surface area (Å²) in [6, 6.07) is 0. The summed E-state index contributed by atoms with van der Waals surface area (Å²) in [5.41, 5.74) is 0.177. The van der Waals surface area contributed by atoms with Crippen molar-refractivity contribution >= 4 is 0 Å². The third-order valence-corrected chi connectivity index (χ3v) is 2.40. The Morgan fingerprint density at radius 2 is 2.64 bits per heavy atom. The van der Waals surface area contributed by atoms with Crippen LogP contribution in [0.25, 0.3) is 0 Å². The van der Waals surface area contributed by atoms with Crippen molar-refractivity contribution in [1.29, 1.82) is 0 Å². The normalized spacial score (nSPS) is 31.0. The van der Waals surface area contributed by atoms with Crippen LogP contribution in [-0.2, 0) is 5.41 Å². The summed E-state index contributed by atoms with van der Waals surface area (Å²) in [6.45, 7) is 4.28. The Kier molecular flexibility index (Phi) is 1.46. The van der Waals surface area contributed by atoms with E-state index in [0.29, 0.717) is 0 Å². The van der Waals surface area contributed by atoms with Crippen molar-refractivity contribution in [2.45, 2.75) is 18.8 Å². The van der Waals surface area contributed by atoms with Crippen LogP contribution in [0.15, 0.2) is 17.0 Å². The summed E-state index contributed by atoms with van der Waals surface area (Å²) in [5, 5.41) is 3.31. The van der Waals surface area contributed by atoms with Gasteiger partial charge in [0, 0.05) is 12.0 Å². The Balaban J connectivity index is 2.27. The van der Waals surface area contributed by atoms with E-state index in [9.17, 15) is 0 Å². The Labute approximate surface area is 65.8 Å². The molecule has 3 nitrogen and oxygen atoms in total. The largest absolute Gasteiger partial charge is 0.448 e. The van der Waals surface area contributed by atoms with Crippen LogP contribution in [-0.4, -0.2) is 18.1 Å². The molecule has 2 rings (SSSR count). The molecule has 1 saturated heterocycles. The highest BCUT2D eigenvalue weighted by molar-refractivity contribution is 5.11. The van der Waals surface area contributed by atoms with Gasteiger partial charge in [0.05, 0.1) is 6.20 Å². The van der Waals surface area contributed by atoms with E-state index in [1.165, 1.54) is 6.39 Å². The number of oxazole rings is 1. The van der Waals surface area contributed by atoms with Gasteiger partial charge in [-0.25, -0.2) is 4.98 Å². The fourth-order valence-corrected chi connectivity index (χ4v) is 1.54. The average molecular weight is 152 g/mol. The molecule has 0 spiro atoms. The number of hydrogen-bond donors (Lipinski definition) is 1. The molecule has 0 amide bonds. The number of aromatic nitrogens is 1. The molecule has 1 unspecified atom stereocenters. The van der Waals surface area contributed by atoms with E-state index >= 15 is 0 Å². The zero-order valence-corrected chi connectivity index (χ0v) is 6.63. The molecule has 0 saturated carbocycles. The van der Waals surface area contributed by atoms with Crippen molar-refractivity contribution in [2.75, 3.05) is 13.1 Å². The van der Waals surface area contributed by atoms with Gasteiger partial charge in [0.25, 0.3) is 0 Å². The molecule has 11 heavy (non-hydrogen) atoms. The van der Waals surface area contributed by atoms with Gasteiger partial charge >= 0.3 is 0 Å². The molecule has 1 aliphatic rings. The molecule has 0 aliphatic carbocycles. The molecule has 0 aromatic carbocycles. The highest BCUT2D eigenvalue weighted by Crippen LogP contribution is 2.29. The van der Waals surface area contributed by atoms with Gasteiger partial charge in [-0.15, -0.1) is 0 Å². The molecule has 1 fully saturated rings. The lowest BCUT2D eigenvalue weighted by molar-refractivity contribution is 0.382. The summed E-state index contributed by atoms with van der Waals surface area (Å²) in [4.78, 5) is 3.92. The molecule has 1 aromatic rings. The average Bonchev–Trinajstić information content (AvgIpc) is 2.55. The number of rotatable bonds is 1. The van der Waals surface area contributed by atoms with Gasteiger partial charge in [-0.1, -0.05) is 6.92 Å². The maximum atomic E-state index is 5.27. The first kappa shape index (κ1) is 6.85. The third kappa shape index (κ3) is 1.05. The Morgan fingerprint density at radius 3 is 3.18 bits per heavy atom. The van der Waals surface area contributed by atoms with Gasteiger partial charge in [-0.05, 0) is 13.0 Å². The fraction of sp³-hybridized carbons (Fsp3) is 0.625. The zero-order chi connectivity index (χ0) is 7.73. The second-order valence-corrected chi connectivity index (χ2v) is 3.35. The molecule has 1 aliphatic heterocycles. The maximum absolute atomic E-state index is 5.27. The second kappa shape index (κ2) is 2.34. The van der Waals surface area contributed by atoms with Gasteiger partial charge < -0.3 is 9.73 Å². The van der Waals surface area contributed by atoms with Crippen LogP contribution in [0.5, 0.6) is 0 Å². The van der Waals surface area contributed by atoms with Gasteiger partial charge in [0.2, 0.25) is 0 Å². The summed E-state index contributed by atoms with van der Waals surface area (Å²) >= 11 is 0. The number of nitrogens with zero attached hydrogens (tertiary/aromatic N) is 1. The van der Waals surface area contributed by atoms with Crippen molar-refractivity contribution < 1.29 is 4.42 Å². The minimum Gasteiger partial charge on any atom is -0.448 e. The molecule has 2 heterocycles. The van der Waals surface area contributed by atoms with Gasteiger partial charge in [0.1, 0.15) is 5.76 Å². The van der Waals surface area contributed by atoms with Crippen molar-refractivity contribution in [3.05, 3.63) is 18.4 Å². The van der Waals surface area contributed by atoms with Crippen LogP contribution in [0.2, 0.25) is 0 Å². The van der Waals surface area contributed by atoms with Crippen LogP contribution in [0.4, 0.5) is 0 Å². The van der Waals surface area contributed by atoms with Crippen molar-refractivity contribution in [2.24, 2.45) is 0 Å². The lowest BCUT2D eigenvalue weighted by Crippen LogP contribution is -2.24. The van der Waals surface area contributed by atoms with Crippen LogP contribution in [0.1, 0.15) is 19.1 Å². The van der Waals surface area contributed by atoms with E-state index in [0.717, 1.165) is 25.3 Å². The second-order valence-electron chi connectivity index (χ2n) is 3.35. The van der Waals surface area contributed by atoms with Crippen molar-refractivity contribution in [3.63, 3.8) is 0 Å². The maximum Gasteiger partial charge on any atom is 0.180 e. The van der Waals surface area contributed by atoms with Crippen LogP contribution in [0, 0.1) is 0 Å². The standard InChI is InChI=1S/C8H12N2O/c1-8(2-3-9-5-8)7-4-10-6-11-7/h4,6,9H,2-3,5H2,1H3. The lowest BCUT2D eigenvalue weighted by Gasteiger charge is -2.17. The Bertz CT molecular complexity index is 224. The van der Waals surface area contributed by atoms with E-state index in [1.807, 2.05) is 6.20 Å². The van der Waals surface area contributed by atoms with Crippen molar-refractivity contribution in [3.8, 4) is 0 Å². The van der Waals surface area contributed by atoms with E-state index < -0.39 is 0 Å². The summed E-state index contributed by atoms with van der Waals surface area (Å²) in [5.74, 6) is 1.00. The highest BCUT2D eigenvalue weighted by atomic mass is 16.3. The molecule has 1 atom stereocenters. The summed E-state index contributed by atoms with van der Waals surface area (Å²) in [6.07, 6.45) is 4.45. The van der Waals surface area contributed by atoms with Crippen LogP contribution >= 0.6 is 0 Å². The monoisotopic (exact) mass is 152 g/mol. The SMILES string of the molecule is CC1(c2cnco2)CCNC1. The summed E-state index contributed by atoms with van der Waals surface area (Å²) < 4.78 is 5.27. The van der Waals surface area contributed by atoms with E-state index in [4.69, 9.17) is 4.42 Å². The van der Waals surface area contributed by atoms with E-state index in [2.05, 4.69) is 17.2 Å². The highest BCUT2D eigenvalue weighted by Gasteiger charge is 2.33. The minimum atomic E-state index is 0.177.